The highest BCUT2D eigenvalue weighted by Gasteiger charge is 2.25. The van der Waals surface area contributed by atoms with Gasteiger partial charge in [-0.25, -0.2) is 0 Å². The summed E-state index contributed by atoms with van der Waals surface area (Å²) < 4.78 is 10.9. The first-order chi connectivity index (χ1) is 12.7. The third-order valence-electron chi connectivity index (χ3n) is 4.74. The summed E-state index contributed by atoms with van der Waals surface area (Å²) in [6, 6.07) is 3.49. The standard InChI is InChI=1S/C18H27N3O3S2/c1-23-16-8-9-17(20-19-16)24-14-5-4-11-21(13-14)18(22)7-3-2-6-15-10-12-25-26-15/h8-9,14-15H,2-7,10-13H2,1H3. The molecule has 2 saturated heterocycles. The maximum absolute atomic E-state index is 12.5. The molecule has 0 aliphatic carbocycles. The topological polar surface area (TPSA) is 64.6 Å². The molecule has 2 aliphatic rings. The van der Waals surface area contributed by atoms with E-state index in [4.69, 9.17) is 9.47 Å². The molecule has 6 nitrogen and oxygen atoms in total. The van der Waals surface area contributed by atoms with Crippen LogP contribution in [0.15, 0.2) is 12.1 Å². The van der Waals surface area contributed by atoms with E-state index in [1.807, 2.05) is 26.5 Å². The van der Waals surface area contributed by atoms with E-state index in [0.29, 0.717) is 24.7 Å². The molecule has 26 heavy (non-hydrogen) atoms. The zero-order valence-corrected chi connectivity index (χ0v) is 16.9. The van der Waals surface area contributed by atoms with Crippen LogP contribution in [0.25, 0.3) is 0 Å². The first-order valence-electron chi connectivity index (χ1n) is 9.35. The molecule has 0 radical (unpaired) electrons. The van der Waals surface area contributed by atoms with E-state index in [9.17, 15) is 4.79 Å². The highest BCUT2D eigenvalue weighted by Crippen LogP contribution is 2.39. The van der Waals surface area contributed by atoms with Crippen LogP contribution in [0.4, 0.5) is 0 Å². The molecule has 2 fully saturated rings. The van der Waals surface area contributed by atoms with Crippen LogP contribution in [0.3, 0.4) is 0 Å². The quantitative estimate of drug-likeness (QED) is 0.491. The van der Waals surface area contributed by atoms with Crippen LogP contribution >= 0.6 is 21.6 Å². The smallest absolute Gasteiger partial charge is 0.233 e. The molecule has 0 spiro atoms. The van der Waals surface area contributed by atoms with E-state index in [1.165, 1.54) is 18.6 Å². The minimum atomic E-state index is -0.0118. The van der Waals surface area contributed by atoms with Crippen molar-refractivity contribution in [3.05, 3.63) is 12.1 Å². The number of unbranched alkanes of at least 4 members (excludes halogenated alkanes) is 1. The van der Waals surface area contributed by atoms with Gasteiger partial charge in [-0.3, -0.25) is 4.79 Å². The fourth-order valence-corrected chi connectivity index (χ4v) is 6.31. The predicted octanol–water partition coefficient (Wildman–Crippen LogP) is 3.57. The van der Waals surface area contributed by atoms with Crippen LogP contribution in [-0.2, 0) is 4.79 Å². The van der Waals surface area contributed by atoms with Crippen LogP contribution in [0.2, 0.25) is 0 Å². The molecule has 0 N–H and O–H groups in total. The molecule has 144 valence electrons. The van der Waals surface area contributed by atoms with Gasteiger partial charge in [0.2, 0.25) is 17.7 Å². The lowest BCUT2D eigenvalue weighted by Crippen LogP contribution is -2.44. The SMILES string of the molecule is COc1ccc(OC2CCCN(C(=O)CCCCC3CCSS3)C2)nn1. The third-order valence-corrected chi connectivity index (χ3v) is 7.74. The maximum Gasteiger partial charge on any atom is 0.233 e. The lowest BCUT2D eigenvalue weighted by atomic mass is 10.1. The van der Waals surface area contributed by atoms with Gasteiger partial charge >= 0.3 is 0 Å². The monoisotopic (exact) mass is 397 g/mol. The summed E-state index contributed by atoms with van der Waals surface area (Å²) >= 11 is 0. The van der Waals surface area contributed by atoms with E-state index >= 15 is 0 Å². The van der Waals surface area contributed by atoms with Gasteiger partial charge in [0.15, 0.2) is 0 Å². The average molecular weight is 398 g/mol. The van der Waals surface area contributed by atoms with Crippen molar-refractivity contribution in [3.63, 3.8) is 0 Å². The van der Waals surface area contributed by atoms with E-state index in [0.717, 1.165) is 37.5 Å². The zero-order valence-electron chi connectivity index (χ0n) is 15.3. The average Bonchev–Trinajstić information content (AvgIpc) is 3.19. The number of amides is 1. The van der Waals surface area contributed by atoms with Crippen molar-refractivity contribution < 1.29 is 14.3 Å². The number of carbonyl (C=O) groups is 1. The number of carbonyl (C=O) groups excluding carboxylic acids is 1. The molecule has 1 amide bonds. The molecule has 1 aromatic heterocycles. The Hall–Kier alpha value is -1.15. The van der Waals surface area contributed by atoms with Crippen LogP contribution in [0.5, 0.6) is 11.8 Å². The zero-order chi connectivity index (χ0) is 18.2. The molecule has 2 unspecified atom stereocenters. The second-order valence-corrected chi connectivity index (χ2v) is 9.50. The van der Waals surface area contributed by atoms with Gasteiger partial charge in [0.05, 0.1) is 13.7 Å². The molecule has 0 saturated carbocycles. The van der Waals surface area contributed by atoms with Crippen molar-refractivity contribution in [2.75, 3.05) is 26.0 Å². The third kappa shape index (κ3) is 5.94. The first kappa shape index (κ1) is 19.6. The van der Waals surface area contributed by atoms with Gasteiger partial charge in [-0.1, -0.05) is 28.0 Å². The maximum atomic E-state index is 12.5. The van der Waals surface area contributed by atoms with E-state index in [-0.39, 0.29) is 12.0 Å². The minimum Gasteiger partial charge on any atom is -0.480 e. The van der Waals surface area contributed by atoms with Crippen LogP contribution in [0, 0.1) is 0 Å². The summed E-state index contributed by atoms with van der Waals surface area (Å²) in [5.74, 6) is 2.49. The molecule has 2 atom stereocenters. The van der Waals surface area contributed by atoms with Crippen molar-refractivity contribution in [3.8, 4) is 11.8 Å². The van der Waals surface area contributed by atoms with Crippen LogP contribution in [-0.4, -0.2) is 58.3 Å². The van der Waals surface area contributed by atoms with Gasteiger partial charge in [-0.15, -0.1) is 10.2 Å². The molecular formula is C18H27N3O3S2. The normalized spacial score (nSPS) is 23.0. The molecule has 0 aromatic carbocycles. The first-order valence-corrected chi connectivity index (χ1v) is 11.7. The fraction of sp³-hybridized carbons (Fsp3) is 0.722. The van der Waals surface area contributed by atoms with Gasteiger partial charge in [0, 0.05) is 36.1 Å². The molecule has 3 heterocycles. The van der Waals surface area contributed by atoms with Crippen molar-refractivity contribution in [2.24, 2.45) is 0 Å². The van der Waals surface area contributed by atoms with Gasteiger partial charge in [-0.05, 0) is 32.1 Å². The Balaban J connectivity index is 1.38. The summed E-state index contributed by atoms with van der Waals surface area (Å²) in [7, 11) is 5.56. The second-order valence-electron chi connectivity index (χ2n) is 6.71. The van der Waals surface area contributed by atoms with Crippen molar-refractivity contribution in [1.29, 1.82) is 0 Å². The van der Waals surface area contributed by atoms with Crippen molar-refractivity contribution in [1.82, 2.24) is 15.1 Å². The summed E-state index contributed by atoms with van der Waals surface area (Å²) in [6.45, 7) is 1.48. The van der Waals surface area contributed by atoms with Crippen molar-refractivity contribution in [2.45, 2.75) is 56.3 Å². The fourth-order valence-electron chi connectivity index (χ4n) is 3.28. The molecule has 3 rings (SSSR count). The summed E-state index contributed by atoms with van der Waals surface area (Å²) in [4.78, 5) is 14.4. The lowest BCUT2D eigenvalue weighted by molar-refractivity contribution is -0.134. The predicted molar refractivity (Wildman–Crippen MR) is 106 cm³/mol. The minimum absolute atomic E-state index is 0.0118. The molecule has 2 aliphatic heterocycles. The number of hydrogen-bond acceptors (Lipinski definition) is 7. The Bertz CT molecular complexity index is 567. The van der Waals surface area contributed by atoms with E-state index in [1.54, 1.807) is 19.2 Å². The van der Waals surface area contributed by atoms with Gasteiger partial charge in [0.25, 0.3) is 0 Å². The van der Waals surface area contributed by atoms with E-state index < -0.39 is 0 Å². The van der Waals surface area contributed by atoms with E-state index in [2.05, 4.69) is 10.2 Å². The molecule has 1 aromatic rings. The van der Waals surface area contributed by atoms with Crippen molar-refractivity contribution >= 4 is 27.5 Å². The Labute approximate surface area is 163 Å². The number of piperidine rings is 1. The van der Waals surface area contributed by atoms with Gasteiger partial charge < -0.3 is 14.4 Å². The highest BCUT2D eigenvalue weighted by atomic mass is 33.1. The summed E-state index contributed by atoms with van der Waals surface area (Å²) in [5, 5.41) is 8.73. The summed E-state index contributed by atoms with van der Waals surface area (Å²) in [5.41, 5.74) is 0. The highest BCUT2D eigenvalue weighted by molar-refractivity contribution is 8.77. The van der Waals surface area contributed by atoms with Gasteiger partial charge in [0.1, 0.15) is 6.10 Å². The number of nitrogens with zero attached hydrogens (tertiary/aromatic N) is 3. The van der Waals surface area contributed by atoms with Crippen LogP contribution < -0.4 is 9.47 Å². The second kappa shape index (κ2) is 10.3. The molecule has 8 heteroatoms. The van der Waals surface area contributed by atoms with Gasteiger partial charge in [-0.2, -0.15) is 0 Å². The largest absolute Gasteiger partial charge is 0.480 e. The number of aromatic nitrogens is 2. The number of ether oxygens (including phenoxy) is 2. The number of methoxy groups -OCH3 is 1. The Morgan fingerprint density at radius 2 is 2.12 bits per heavy atom. The van der Waals surface area contributed by atoms with Crippen LogP contribution in [0.1, 0.15) is 44.9 Å². The Kier molecular flexibility index (Phi) is 7.73. The lowest BCUT2D eigenvalue weighted by Gasteiger charge is -2.32. The molecule has 0 bridgehead atoms. The molecular weight excluding hydrogens is 370 g/mol. The number of hydrogen-bond donors (Lipinski definition) is 0. The Morgan fingerprint density at radius 3 is 2.85 bits per heavy atom. The Morgan fingerprint density at radius 1 is 1.27 bits per heavy atom. The summed E-state index contributed by atoms with van der Waals surface area (Å²) in [6.07, 6.45) is 7.26. The number of likely N-dealkylation sites (tertiary alicyclic amines) is 1. The number of rotatable bonds is 8.